The van der Waals surface area contributed by atoms with Crippen LogP contribution >= 0.6 is 0 Å². The second-order valence-corrected chi connectivity index (χ2v) is 5.22. The Labute approximate surface area is 109 Å². The molecule has 1 aromatic rings. The largest absolute Gasteiger partial charge is 0.326 e. The van der Waals surface area contributed by atoms with Gasteiger partial charge in [-0.25, -0.2) is 4.39 Å². The van der Waals surface area contributed by atoms with E-state index >= 15 is 0 Å². The number of hydrogen-bond acceptors (Lipinski definition) is 2. The minimum absolute atomic E-state index is 0.118. The lowest BCUT2D eigenvalue weighted by Crippen LogP contribution is -2.32. The number of rotatable bonds is 6. The zero-order chi connectivity index (χ0) is 13.0. The normalized spacial score (nSPS) is 16.0. The van der Waals surface area contributed by atoms with Crippen LogP contribution in [0.15, 0.2) is 18.2 Å². The lowest BCUT2D eigenvalue weighted by molar-refractivity contribution is 0.176. The summed E-state index contributed by atoms with van der Waals surface area (Å²) >= 11 is 0. The van der Waals surface area contributed by atoms with E-state index in [0.29, 0.717) is 12.1 Å². The van der Waals surface area contributed by atoms with Crippen molar-refractivity contribution in [3.8, 4) is 0 Å². The van der Waals surface area contributed by atoms with Crippen molar-refractivity contribution in [2.24, 2.45) is 11.7 Å². The summed E-state index contributed by atoms with van der Waals surface area (Å²) in [5, 5.41) is 0. The van der Waals surface area contributed by atoms with Crippen molar-refractivity contribution >= 4 is 0 Å². The first-order valence-corrected chi connectivity index (χ1v) is 6.93. The number of benzene rings is 1. The van der Waals surface area contributed by atoms with Gasteiger partial charge in [0.2, 0.25) is 0 Å². The molecule has 1 saturated carbocycles. The van der Waals surface area contributed by atoms with Crippen molar-refractivity contribution in [3.63, 3.8) is 0 Å². The van der Waals surface area contributed by atoms with E-state index in [-0.39, 0.29) is 12.4 Å². The van der Waals surface area contributed by atoms with Crippen LogP contribution in [0, 0.1) is 11.7 Å². The molecular weight excluding hydrogens is 227 g/mol. The van der Waals surface area contributed by atoms with E-state index in [0.717, 1.165) is 24.6 Å². The fraction of sp³-hybridized carbons (Fsp3) is 0.600. The third kappa shape index (κ3) is 3.09. The molecule has 2 N–H and O–H groups in total. The lowest BCUT2D eigenvalue weighted by Gasteiger charge is -2.31. The Morgan fingerprint density at radius 2 is 2.06 bits per heavy atom. The van der Waals surface area contributed by atoms with Crippen molar-refractivity contribution < 1.29 is 4.39 Å². The Morgan fingerprint density at radius 3 is 2.61 bits per heavy atom. The second-order valence-electron chi connectivity index (χ2n) is 5.22. The van der Waals surface area contributed by atoms with Gasteiger partial charge in [-0.3, -0.25) is 4.90 Å². The average molecular weight is 250 g/mol. The van der Waals surface area contributed by atoms with Crippen LogP contribution in [0.4, 0.5) is 4.39 Å². The molecular formula is C15H23FN2. The summed E-state index contributed by atoms with van der Waals surface area (Å²) in [7, 11) is 0. The van der Waals surface area contributed by atoms with Gasteiger partial charge in [0.25, 0.3) is 0 Å². The molecule has 0 spiro atoms. The summed E-state index contributed by atoms with van der Waals surface area (Å²) in [6.45, 7) is 5.19. The predicted octanol–water partition coefficient (Wildman–Crippen LogP) is 2.91. The van der Waals surface area contributed by atoms with E-state index in [1.165, 1.54) is 19.3 Å². The minimum atomic E-state index is -0.118. The quantitative estimate of drug-likeness (QED) is 0.841. The van der Waals surface area contributed by atoms with E-state index in [1.807, 2.05) is 12.1 Å². The van der Waals surface area contributed by atoms with Gasteiger partial charge in [0.05, 0.1) is 0 Å². The number of halogens is 1. The van der Waals surface area contributed by atoms with Gasteiger partial charge in [0.1, 0.15) is 5.82 Å². The summed E-state index contributed by atoms with van der Waals surface area (Å²) in [6, 6.07) is 5.54. The minimum Gasteiger partial charge on any atom is -0.326 e. The second kappa shape index (κ2) is 6.30. The molecule has 2 nitrogen and oxygen atoms in total. The smallest absolute Gasteiger partial charge is 0.132 e. The number of nitrogens with two attached hydrogens (primary N) is 1. The maximum absolute atomic E-state index is 14.1. The van der Waals surface area contributed by atoms with Crippen LogP contribution in [0.3, 0.4) is 0 Å². The Bertz CT molecular complexity index is 388. The maximum Gasteiger partial charge on any atom is 0.132 e. The molecule has 0 aliphatic heterocycles. The first-order valence-electron chi connectivity index (χ1n) is 6.93. The Hall–Kier alpha value is -0.930. The molecule has 100 valence electrons. The maximum atomic E-state index is 14.1. The van der Waals surface area contributed by atoms with Gasteiger partial charge in [0.15, 0.2) is 0 Å². The number of hydrogen-bond donors (Lipinski definition) is 1. The zero-order valence-electron chi connectivity index (χ0n) is 11.2. The molecule has 1 aliphatic rings. The van der Waals surface area contributed by atoms with Crippen LogP contribution in [-0.2, 0) is 13.1 Å². The topological polar surface area (TPSA) is 29.3 Å². The van der Waals surface area contributed by atoms with Gasteiger partial charge >= 0.3 is 0 Å². The molecule has 18 heavy (non-hydrogen) atoms. The SMILES string of the molecule is CCN(Cc1cccc(CN)c1F)CC1CCC1. The van der Waals surface area contributed by atoms with E-state index in [1.54, 1.807) is 6.07 Å². The molecule has 3 heteroatoms. The lowest BCUT2D eigenvalue weighted by atomic mass is 9.85. The fourth-order valence-electron chi connectivity index (χ4n) is 2.50. The molecule has 0 aromatic heterocycles. The predicted molar refractivity (Wildman–Crippen MR) is 72.6 cm³/mol. The van der Waals surface area contributed by atoms with E-state index in [2.05, 4.69) is 11.8 Å². The van der Waals surface area contributed by atoms with Crippen LogP contribution in [0.1, 0.15) is 37.3 Å². The monoisotopic (exact) mass is 250 g/mol. The van der Waals surface area contributed by atoms with Gasteiger partial charge in [-0.05, 0) is 25.3 Å². The molecule has 0 bridgehead atoms. The third-order valence-corrected chi connectivity index (χ3v) is 3.96. The molecule has 0 unspecified atom stereocenters. The van der Waals surface area contributed by atoms with Crippen LogP contribution in [0.2, 0.25) is 0 Å². The van der Waals surface area contributed by atoms with Gasteiger partial charge in [-0.15, -0.1) is 0 Å². The van der Waals surface area contributed by atoms with Gasteiger partial charge < -0.3 is 5.73 Å². The molecule has 0 heterocycles. The van der Waals surface area contributed by atoms with Crippen LogP contribution in [-0.4, -0.2) is 18.0 Å². The first kappa shape index (κ1) is 13.5. The van der Waals surface area contributed by atoms with Crippen molar-refractivity contribution in [1.82, 2.24) is 4.90 Å². The highest BCUT2D eigenvalue weighted by atomic mass is 19.1. The molecule has 0 amide bonds. The first-order chi connectivity index (χ1) is 8.74. The van der Waals surface area contributed by atoms with E-state index < -0.39 is 0 Å². The summed E-state index contributed by atoms with van der Waals surface area (Å²) < 4.78 is 14.1. The van der Waals surface area contributed by atoms with Crippen molar-refractivity contribution in [2.75, 3.05) is 13.1 Å². The van der Waals surface area contributed by atoms with E-state index in [9.17, 15) is 4.39 Å². The highest BCUT2D eigenvalue weighted by Gasteiger charge is 2.20. The molecule has 0 radical (unpaired) electrons. The zero-order valence-corrected chi connectivity index (χ0v) is 11.2. The van der Waals surface area contributed by atoms with Gasteiger partial charge in [0, 0.05) is 30.8 Å². The molecule has 0 atom stereocenters. The molecule has 0 saturated heterocycles. The summed E-state index contributed by atoms with van der Waals surface area (Å²) in [4.78, 5) is 2.34. The van der Waals surface area contributed by atoms with E-state index in [4.69, 9.17) is 5.73 Å². The summed E-state index contributed by atoms with van der Waals surface area (Å²) in [5.74, 6) is 0.706. The highest BCUT2D eigenvalue weighted by molar-refractivity contribution is 5.25. The van der Waals surface area contributed by atoms with Crippen LogP contribution in [0.5, 0.6) is 0 Å². The summed E-state index contributed by atoms with van der Waals surface area (Å²) in [6.07, 6.45) is 4.03. The fourth-order valence-corrected chi connectivity index (χ4v) is 2.50. The van der Waals surface area contributed by atoms with Gasteiger partial charge in [-0.2, -0.15) is 0 Å². The molecule has 1 fully saturated rings. The Kier molecular flexibility index (Phi) is 4.72. The molecule has 1 aliphatic carbocycles. The van der Waals surface area contributed by atoms with Crippen molar-refractivity contribution in [3.05, 3.63) is 35.1 Å². The van der Waals surface area contributed by atoms with Gasteiger partial charge in [-0.1, -0.05) is 31.5 Å². The van der Waals surface area contributed by atoms with Crippen molar-refractivity contribution in [2.45, 2.75) is 39.3 Å². The van der Waals surface area contributed by atoms with Crippen LogP contribution in [0.25, 0.3) is 0 Å². The number of nitrogens with zero attached hydrogens (tertiary/aromatic N) is 1. The average Bonchev–Trinajstić information content (AvgIpc) is 2.34. The van der Waals surface area contributed by atoms with Crippen LogP contribution < -0.4 is 5.73 Å². The summed E-state index contributed by atoms with van der Waals surface area (Å²) in [5.41, 5.74) is 6.94. The standard InChI is InChI=1S/C15H23FN2/c1-2-18(10-12-5-3-6-12)11-14-8-4-7-13(9-17)15(14)16/h4,7-8,12H,2-3,5-6,9-11,17H2,1H3. The van der Waals surface area contributed by atoms with Crippen molar-refractivity contribution in [1.29, 1.82) is 0 Å². The third-order valence-electron chi connectivity index (χ3n) is 3.96. The highest BCUT2D eigenvalue weighted by Crippen LogP contribution is 2.27. The molecule has 2 rings (SSSR count). The molecule has 1 aromatic carbocycles. The Balaban J connectivity index is 2.01. The Morgan fingerprint density at radius 1 is 1.33 bits per heavy atom.